The van der Waals surface area contributed by atoms with Gasteiger partial charge in [-0.15, -0.1) is 0 Å². The van der Waals surface area contributed by atoms with Gasteiger partial charge in [0, 0.05) is 6.07 Å². The van der Waals surface area contributed by atoms with Crippen LogP contribution in [0.5, 0.6) is 17.2 Å². The minimum Gasteiger partial charge on any atom is -0.497 e. The van der Waals surface area contributed by atoms with Crippen molar-refractivity contribution in [3.05, 3.63) is 53.6 Å². The zero-order valence-corrected chi connectivity index (χ0v) is 13.0. The summed E-state index contributed by atoms with van der Waals surface area (Å²) in [5.74, 6) is 2.50. The lowest BCUT2D eigenvalue weighted by Crippen LogP contribution is -2.33. The quantitative estimate of drug-likeness (QED) is 0.921. The standard InChI is InChI=1S/C18H21NO3/c1-20-14-4-3-5-16(10-14)22-12-18-17-11-15(21-2)7-6-13(17)8-9-19-18/h3-7,10-11,18-19H,8-9,12H2,1-2H3. The molecule has 0 bridgehead atoms. The summed E-state index contributed by atoms with van der Waals surface area (Å²) in [6, 6.07) is 14.1. The Labute approximate surface area is 131 Å². The van der Waals surface area contributed by atoms with Crippen LogP contribution in [0, 0.1) is 0 Å². The lowest BCUT2D eigenvalue weighted by atomic mass is 9.94. The zero-order chi connectivity index (χ0) is 15.4. The lowest BCUT2D eigenvalue weighted by molar-refractivity contribution is 0.259. The van der Waals surface area contributed by atoms with Crippen LogP contribution in [0.2, 0.25) is 0 Å². The van der Waals surface area contributed by atoms with Gasteiger partial charge in [0.15, 0.2) is 0 Å². The van der Waals surface area contributed by atoms with Crippen molar-refractivity contribution in [3.8, 4) is 17.2 Å². The predicted molar refractivity (Wildman–Crippen MR) is 85.9 cm³/mol. The van der Waals surface area contributed by atoms with Crippen LogP contribution in [0.1, 0.15) is 17.2 Å². The van der Waals surface area contributed by atoms with E-state index in [0.29, 0.717) is 6.61 Å². The number of nitrogens with one attached hydrogen (secondary N) is 1. The van der Waals surface area contributed by atoms with E-state index in [0.717, 1.165) is 30.2 Å². The average Bonchev–Trinajstić information content (AvgIpc) is 2.59. The van der Waals surface area contributed by atoms with E-state index in [4.69, 9.17) is 14.2 Å². The summed E-state index contributed by atoms with van der Waals surface area (Å²) in [7, 11) is 3.35. The van der Waals surface area contributed by atoms with Crippen LogP contribution in [0.15, 0.2) is 42.5 Å². The molecule has 1 aliphatic heterocycles. The molecule has 22 heavy (non-hydrogen) atoms. The molecule has 1 N–H and O–H groups in total. The van der Waals surface area contributed by atoms with Crippen molar-refractivity contribution < 1.29 is 14.2 Å². The molecule has 0 radical (unpaired) electrons. The largest absolute Gasteiger partial charge is 0.497 e. The van der Waals surface area contributed by atoms with E-state index >= 15 is 0 Å². The van der Waals surface area contributed by atoms with Crippen LogP contribution in [0.3, 0.4) is 0 Å². The van der Waals surface area contributed by atoms with E-state index in [-0.39, 0.29) is 6.04 Å². The molecule has 0 saturated carbocycles. The highest BCUT2D eigenvalue weighted by atomic mass is 16.5. The second-order valence-electron chi connectivity index (χ2n) is 5.31. The third-order valence-electron chi connectivity index (χ3n) is 3.97. The molecule has 4 heteroatoms. The molecular formula is C18H21NO3. The minimum absolute atomic E-state index is 0.171. The predicted octanol–water partition coefficient (Wildman–Crippen LogP) is 2.97. The number of hydrogen-bond donors (Lipinski definition) is 1. The van der Waals surface area contributed by atoms with Gasteiger partial charge in [-0.3, -0.25) is 0 Å². The van der Waals surface area contributed by atoms with Gasteiger partial charge in [-0.2, -0.15) is 0 Å². The normalized spacial score (nSPS) is 16.7. The second kappa shape index (κ2) is 6.71. The number of hydrogen-bond acceptors (Lipinski definition) is 4. The zero-order valence-electron chi connectivity index (χ0n) is 13.0. The Morgan fingerprint density at radius 1 is 1.00 bits per heavy atom. The Bertz CT molecular complexity index is 642. The summed E-state index contributed by atoms with van der Waals surface area (Å²) in [5, 5.41) is 3.51. The minimum atomic E-state index is 0.171. The smallest absolute Gasteiger partial charge is 0.123 e. The van der Waals surface area contributed by atoms with Gasteiger partial charge in [-0.1, -0.05) is 12.1 Å². The molecule has 4 nitrogen and oxygen atoms in total. The summed E-state index contributed by atoms with van der Waals surface area (Å²) in [6.45, 7) is 1.54. The highest BCUT2D eigenvalue weighted by molar-refractivity contribution is 5.40. The maximum atomic E-state index is 5.94. The van der Waals surface area contributed by atoms with Gasteiger partial charge in [0.05, 0.1) is 20.3 Å². The fraction of sp³-hybridized carbons (Fsp3) is 0.333. The SMILES string of the molecule is COc1cccc(OCC2NCCc3ccc(OC)cc32)c1. The monoisotopic (exact) mass is 299 g/mol. The van der Waals surface area contributed by atoms with Crippen LogP contribution >= 0.6 is 0 Å². The van der Waals surface area contributed by atoms with Crippen molar-refractivity contribution in [1.82, 2.24) is 5.32 Å². The van der Waals surface area contributed by atoms with E-state index in [9.17, 15) is 0 Å². The topological polar surface area (TPSA) is 39.7 Å². The maximum Gasteiger partial charge on any atom is 0.123 e. The Balaban J connectivity index is 1.74. The van der Waals surface area contributed by atoms with E-state index in [2.05, 4.69) is 17.4 Å². The summed E-state index contributed by atoms with van der Waals surface area (Å²) < 4.78 is 16.5. The molecule has 0 fully saturated rings. The third-order valence-corrected chi connectivity index (χ3v) is 3.97. The highest BCUT2D eigenvalue weighted by Crippen LogP contribution is 2.28. The first-order valence-electron chi connectivity index (χ1n) is 7.47. The molecule has 2 aromatic carbocycles. The molecule has 0 spiro atoms. The van der Waals surface area contributed by atoms with Crippen LogP contribution in [0.4, 0.5) is 0 Å². The average molecular weight is 299 g/mol. The van der Waals surface area contributed by atoms with Gasteiger partial charge in [-0.05, 0) is 48.4 Å². The Hall–Kier alpha value is -2.20. The van der Waals surface area contributed by atoms with Gasteiger partial charge >= 0.3 is 0 Å². The van der Waals surface area contributed by atoms with E-state index < -0.39 is 0 Å². The van der Waals surface area contributed by atoms with Gasteiger partial charge in [0.1, 0.15) is 23.9 Å². The Kier molecular flexibility index (Phi) is 4.49. The first-order chi connectivity index (χ1) is 10.8. The van der Waals surface area contributed by atoms with E-state index in [1.54, 1.807) is 14.2 Å². The molecule has 1 atom stereocenters. The highest BCUT2D eigenvalue weighted by Gasteiger charge is 2.21. The molecule has 3 rings (SSSR count). The summed E-state index contributed by atoms with van der Waals surface area (Å²) >= 11 is 0. The van der Waals surface area contributed by atoms with Crippen molar-refractivity contribution in [2.24, 2.45) is 0 Å². The van der Waals surface area contributed by atoms with Crippen molar-refractivity contribution in [1.29, 1.82) is 0 Å². The fourth-order valence-electron chi connectivity index (χ4n) is 2.76. The second-order valence-corrected chi connectivity index (χ2v) is 5.31. The van der Waals surface area contributed by atoms with Crippen molar-refractivity contribution in [2.75, 3.05) is 27.4 Å². The molecule has 1 aliphatic rings. The summed E-state index contributed by atoms with van der Waals surface area (Å²) in [6.07, 6.45) is 1.04. The van der Waals surface area contributed by atoms with Crippen LogP contribution in [-0.2, 0) is 6.42 Å². The Morgan fingerprint density at radius 2 is 1.77 bits per heavy atom. The summed E-state index contributed by atoms with van der Waals surface area (Å²) in [5.41, 5.74) is 2.62. The number of methoxy groups -OCH3 is 2. The molecule has 0 aromatic heterocycles. The van der Waals surface area contributed by atoms with Crippen molar-refractivity contribution in [3.63, 3.8) is 0 Å². The van der Waals surface area contributed by atoms with Crippen molar-refractivity contribution in [2.45, 2.75) is 12.5 Å². The van der Waals surface area contributed by atoms with E-state index in [1.807, 2.05) is 30.3 Å². The molecule has 0 saturated heterocycles. The first kappa shape index (κ1) is 14.7. The number of rotatable bonds is 5. The first-order valence-corrected chi connectivity index (χ1v) is 7.47. The maximum absolute atomic E-state index is 5.94. The molecule has 116 valence electrons. The van der Waals surface area contributed by atoms with E-state index in [1.165, 1.54) is 11.1 Å². The molecule has 0 amide bonds. The summed E-state index contributed by atoms with van der Waals surface area (Å²) in [4.78, 5) is 0. The molecule has 2 aromatic rings. The van der Waals surface area contributed by atoms with Gasteiger partial charge in [0.25, 0.3) is 0 Å². The molecule has 1 heterocycles. The number of fused-ring (bicyclic) bond motifs is 1. The molecule has 0 aliphatic carbocycles. The Morgan fingerprint density at radius 3 is 2.59 bits per heavy atom. The number of benzene rings is 2. The van der Waals surface area contributed by atoms with Crippen LogP contribution in [-0.4, -0.2) is 27.4 Å². The molecule has 1 unspecified atom stereocenters. The van der Waals surface area contributed by atoms with Crippen LogP contribution in [0.25, 0.3) is 0 Å². The van der Waals surface area contributed by atoms with Gasteiger partial charge < -0.3 is 19.5 Å². The van der Waals surface area contributed by atoms with Gasteiger partial charge in [-0.25, -0.2) is 0 Å². The third kappa shape index (κ3) is 3.17. The molecular weight excluding hydrogens is 278 g/mol. The fourth-order valence-corrected chi connectivity index (χ4v) is 2.76. The van der Waals surface area contributed by atoms with Crippen LogP contribution < -0.4 is 19.5 Å². The van der Waals surface area contributed by atoms with Gasteiger partial charge in [0.2, 0.25) is 0 Å². The number of ether oxygens (including phenoxy) is 3. The van der Waals surface area contributed by atoms with Crippen molar-refractivity contribution >= 4 is 0 Å². The lowest BCUT2D eigenvalue weighted by Gasteiger charge is -2.27.